The number of hydrogen-bond donors (Lipinski definition) is 3. The van der Waals surface area contributed by atoms with Crippen LogP contribution in [0.4, 0.5) is 4.79 Å². The van der Waals surface area contributed by atoms with Crippen molar-refractivity contribution in [3.05, 3.63) is 64.9 Å². The highest BCUT2D eigenvalue weighted by Gasteiger charge is 2.53. The minimum absolute atomic E-state index is 0.140. The topological polar surface area (TPSA) is 133 Å². The summed E-state index contributed by atoms with van der Waals surface area (Å²) < 4.78 is 11.3. The van der Waals surface area contributed by atoms with E-state index in [4.69, 9.17) is 9.15 Å². The molecule has 1 atom stereocenters. The molecule has 0 unspecified atom stereocenters. The Labute approximate surface area is 225 Å². The number of amides is 5. The lowest BCUT2D eigenvalue weighted by Crippen LogP contribution is -2.52. The van der Waals surface area contributed by atoms with Crippen molar-refractivity contribution in [2.45, 2.75) is 25.9 Å². The van der Waals surface area contributed by atoms with E-state index in [9.17, 15) is 19.2 Å². The fourth-order valence-electron chi connectivity index (χ4n) is 5.09. The number of imide groups is 1. The molecule has 3 aromatic rings. The molecule has 0 radical (unpaired) electrons. The molecule has 3 heterocycles. The number of carbonyl (C=O) groups is 4. The Morgan fingerprint density at radius 3 is 2.62 bits per heavy atom. The Kier molecular flexibility index (Phi) is 7.00. The van der Waals surface area contributed by atoms with Crippen molar-refractivity contribution in [2.24, 2.45) is 0 Å². The van der Waals surface area contributed by atoms with Gasteiger partial charge in [0.05, 0.1) is 13.7 Å². The van der Waals surface area contributed by atoms with E-state index in [0.717, 1.165) is 25.2 Å². The predicted molar refractivity (Wildman–Crippen MR) is 142 cm³/mol. The average molecular weight is 534 g/mol. The molecule has 204 valence electrons. The number of hydrogen-bond acceptors (Lipinski definition) is 7. The monoisotopic (exact) mass is 533 g/mol. The second kappa shape index (κ2) is 10.4. The first-order valence-electron chi connectivity index (χ1n) is 12.9. The lowest BCUT2D eigenvalue weighted by atomic mass is 9.95. The van der Waals surface area contributed by atoms with E-state index in [1.807, 2.05) is 6.07 Å². The maximum atomic E-state index is 13.2. The number of nitrogens with zero attached hydrogens (tertiary/aromatic N) is 2. The van der Waals surface area contributed by atoms with E-state index in [2.05, 4.69) is 34.7 Å². The van der Waals surface area contributed by atoms with Crippen molar-refractivity contribution in [2.75, 3.05) is 39.8 Å². The molecular formula is C28H31N5O6. The van der Waals surface area contributed by atoms with Crippen molar-refractivity contribution in [1.82, 2.24) is 25.8 Å². The zero-order chi connectivity index (χ0) is 27.7. The second-order valence-corrected chi connectivity index (χ2v) is 9.64. The number of carbonyl (C=O) groups excluding carboxylic acids is 4. The summed E-state index contributed by atoms with van der Waals surface area (Å²) in [5, 5.41) is 8.53. The third kappa shape index (κ3) is 4.81. The van der Waals surface area contributed by atoms with Gasteiger partial charge in [-0.1, -0.05) is 26.0 Å². The molecule has 11 heteroatoms. The molecule has 1 aromatic heterocycles. The number of urea groups is 1. The summed E-state index contributed by atoms with van der Waals surface area (Å²) in [7, 11) is 1.52. The van der Waals surface area contributed by atoms with Gasteiger partial charge in [-0.05, 0) is 49.0 Å². The Morgan fingerprint density at radius 1 is 1.13 bits per heavy atom. The first kappa shape index (κ1) is 26.2. The van der Waals surface area contributed by atoms with Crippen LogP contribution in [0.25, 0.3) is 11.0 Å². The summed E-state index contributed by atoms with van der Waals surface area (Å²) in [4.78, 5) is 55.1. The fraction of sp³-hybridized carbons (Fsp3) is 0.357. The van der Waals surface area contributed by atoms with Gasteiger partial charge in [-0.2, -0.15) is 0 Å². The van der Waals surface area contributed by atoms with Gasteiger partial charge in [0.1, 0.15) is 17.1 Å². The maximum absolute atomic E-state index is 13.2. The normalized spacial score (nSPS) is 18.5. The highest BCUT2D eigenvalue weighted by Crippen LogP contribution is 2.35. The highest BCUT2D eigenvalue weighted by molar-refractivity contribution is 6.08. The zero-order valence-electron chi connectivity index (χ0n) is 22.1. The Balaban J connectivity index is 1.40. The lowest BCUT2D eigenvalue weighted by molar-refractivity contribution is -0.125. The lowest BCUT2D eigenvalue weighted by Gasteiger charge is -2.29. The van der Waals surface area contributed by atoms with Crippen LogP contribution < -0.4 is 20.7 Å². The minimum atomic E-state index is -1.63. The molecule has 39 heavy (non-hydrogen) atoms. The quantitative estimate of drug-likeness (QED) is 0.340. The van der Waals surface area contributed by atoms with E-state index in [-0.39, 0.29) is 30.7 Å². The van der Waals surface area contributed by atoms with E-state index in [1.54, 1.807) is 36.4 Å². The SMILES string of the molecule is CCN(CC)CCNC(=O)c1ccc2cc([C@]3(CN4Cc5ccc(OC)cc5C4=O)NC(=O)NC3=O)oc2c1. The van der Waals surface area contributed by atoms with E-state index < -0.39 is 17.5 Å². The van der Waals surface area contributed by atoms with Gasteiger partial charge in [-0.25, -0.2) is 4.79 Å². The molecule has 2 aliphatic rings. The van der Waals surface area contributed by atoms with Crippen LogP contribution in [0.2, 0.25) is 0 Å². The van der Waals surface area contributed by atoms with Crippen molar-refractivity contribution in [3.63, 3.8) is 0 Å². The van der Waals surface area contributed by atoms with Crippen LogP contribution in [-0.4, -0.2) is 73.4 Å². The number of methoxy groups -OCH3 is 1. The molecule has 0 spiro atoms. The summed E-state index contributed by atoms with van der Waals surface area (Å²) in [6, 6.07) is 11.2. The molecule has 1 fully saturated rings. The van der Waals surface area contributed by atoms with Crippen LogP contribution in [0.1, 0.15) is 45.9 Å². The maximum Gasteiger partial charge on any atom is 0.322 e. The van der Waals surface area contributed by atoms with Crippen molar-refractivity contribution in [1.29, 1.82) is 0 Å². The van der Waals surface area contributed by atoms with Gasteiger partial charge in [0.15, 0.2) is 5.54 Å². The largest absolute Gasteiger partial charge is 0.497 e. The van der Waals surface area contributed by atoms with Gasteiger partial charge < -0.3 is 29.6 Å². The number of benzene rings is 2. The van der Waals surface area contributed by atoms with Gasteiger partial charge in [-0.15, -0.1) is 0 Å². The van der Waals surface area contributed by atoms with E-state index in [0.29, 0.717) is 34.4 Å². The first-order valence-corrected chi connectivity index (χ1v) is 12.9. The second-order valence-electron chi connectivity index (χ2n) is 9.64. The fourth-order valence-corrected chi connectivity index (χ4v) is 5.09. The van der Waals surface area contributed by atoms with Gasteiger partial charge in [-0.3, -0.25) is 19.7 Å². The standard InChI is InChI=1S/C28H31N5O6/c1-4-32(5-2)11-10-29-24(34)18-7-6-17-13-23(39-22(17)12-18)28(26(36)30-27(37)31-28)16-33-15-19-8-9-20(38-3)14-21(19)25(33)35/h6-9,12-14H,4-5,10-11,15-16H2,1-3H3,(H,29,34)(H2,30,31,36,37)/t28-/m0/s1. The van der Waals surface area contributed by atoms with Crippen LogP contribution in [0.5, 0.6) is 5.75 Å². The number of fused-ring (bicyclic) bond motifs is 2. The molecule has 2 aromatic carbocycles. The minimum Gasteiger partial charge on any atom is -0.497 e. The van der Waals surface area contributed by atoms with Crippen molar-refractivity contribution >= 4 is 34.7 Å². The summed E-state index contributed by atoms with van der Waals surface area (Å²) in [5.41, 5.74) is 0.438. The molecule has 0 aliphatic carbocycles. The zero-order valence-corrected chi connectivity index (χ0v) is 22.1. The van der Waals surface area contributed by atoms with Crippen molar-refractivity contribution in [3.8, 4) is 5.75 Å². The third-order valence-electron chi connectivity index (χ3n) is 7.38. The molecule has 5 amide bonds. The van der Waals surface area contributed by atoms with Gasteiger partial charge in [0.2, 0.25) is 0 Å². The molecule has 1 saturated heterocycles. The predicted octanol–water partition coefficient (Wildman–Crippen LogP) is 2.20. The van der Waals surface area contributed by atoms with Crippen LogP contribution >= 0.6 is 0 Å². The van der Waals surface area contributed by atoms with E-state index in [1.165, 1.54) is 12.0 Å². The molecule has 0 bridgehead atoms. The van der Waals surface area contributed by atoms with Crippen LogP contribution in [-0.2, 0) is 16.9 Å². The number of nitrogens with one attached hydrogen (secondary N) is 3. The average Bonchev–Trinajstić information content (AvgIpc) is 3.59. The molecule has 11 nitrogen and oxygen atoms in total. The molecule has 3 N–H and O–H groups in total. The first-order chi connectivity index (χ1) is 18.8. The molecule has 0 saturated carbocycles. The smallest absolute Gasteiger partial charge is 0.322 e. The molecule has 5 rings (SSSR count). The molecular weight excluding hydrogens is 502 g/mol. The van der Waals surface area contributed by atoms with Crippen LogP contribution in [0, 0.1) is 0 Å². The summed E-state index contributed by atoms with van der Waals surface area (Å²) >= 11 is 0. The Bertz CT molecular complexity index is 1460. The van der Waals surface area contributed by atoms with Gasteiger partial charge in [0.25, 0.3) is 17.7 Å². The van der Waals surface area contributed by atoms with Crippen molar-refractivity contribution < 1.29 is 28.3 Å². The van der Waals surface area contributed by atoms with Crippen LogP contribution in [0.3, 0.4) is 0 Å². The Morgan fingerprint density at radius 2 is 1.92 bits per heavy atom. The number of ether oxygens (including phenoxy) is 1. The van der Waals surface area contributed by atoms with Gasteiger partial charge in [0, 0.05) is 36.1 Å². The highest BCUT2D eigenvalue weighted by atomic mass is 16.5. The third-order valence-corrected chi connectivity index (χ3v) is 7.38. The summed E-state index contributed by atoms with van der Waals surface area (Å²) in [5.74, 6) is -0.421. The van der Waals surface area contributed by atoms with E-state index >= 15 is 0 Å². The van der Waals surface area contributed by atoms with Gasteiger partial charge >= 0.3 is 6.03 Å². The Hall–Kier alpha value is -4.38. The van der Waals surface area contributed by atoms with Crippen LogP contribution in [0.15, 0.2) is 46.9 Å². The summed E-state index contributed by atoms with van der Waals surface area (Å²) in [6.45, 7) is 7.34. The number of likely N-dealkylation sites (N-methyl/N-ethyl adjacent to an activating group) is 1. The summed E-state index contributed by atoms with van der Waals surface area (Å²) in [6.07, 6.45) is 0. The number of rotatable bonds is 10. The molecule has 2 aliphatic heterocycles. The number of furan rings is 1.